The van der Waals surface area contributed by atoms with Gasteiger partial charge in [-0.05, 0) is 12.8 Å². The van der Waals surface area contributed by atoms with Gasteiger partial charge in [-0.3, -0.25) is 4.79 Å². The number of hydrogen-bond donors (Lipinski definition) is 1. The average molecular weight is 509 g/mol. The van der Waals surface area contributed by atoms with Gasteiger partial charge < -0.3 is 5.11 Å². The smallest absolute Gasteiger partial charge is 0.306 e. The van der Waals surface area contributed by atoms with Crippen LogP contribution >= 0.6 is 0 Å². The zero-order valence-electron chi connectivity index (χ0n) is 25.1. The van der Waals surface area contributed by atoms with Gasteiger partial charge in [0.05, 0.1) is 5.92 Å². The second-order valence-electron chi connectivity index (χ2n) is 11.8. The van der Waals surface area contributed by atoms with Crippen molar-refractivity contribution in [2.75, 3.05) is 0 Å². The largest absolute Gasteiger partial charge is 0.481 e. The lowest BCUT2D eigenvalue weighted by molar-refractivity contribution is -0.142. The van der Waals surface area contributed by atoms with Gasteiger partial charge in [0.1, 0.15) is 0 Å². The van der Waals surface area contributed by atoms with Gasteiger partial charge in [0.2, 0.25) is 0 Å². The summed E-state index contributed by atoms with van der Waals surface area (Å²) in [5.41, 5.74) is 0. The number of carboxylic acid groups (broad SMARTS) is 1. The molecule has 2 heteroatoms. The van der Waals surface area contributed by atoms with E-state index in [1.54, 1.807) is 0 Å². The third kappa shape index (κ3) is 28.0. The van der Waals surface area contributed by atoms with Gasteiger partial charge >= 0.3 is 5.97 Å². The fourth-order valence-corrected chi connectivity index (χ4v) is 5.56. The number of hydrogen-bond acceptors (Lipinski definition) is 1. The van der Waals surface area contributed by atoms with E-state index >= 15 is 0 Å². The van der Waals surface area contributed by atoms with Gasteiger partial charge in [0.15, 0.2) is 0 Å². The van der Waals surface area contributed by atoms with Crippen molar-refractivity contribution in [1.82, 2.24) is 0 Å². The lowest BCUT2D eigenvalue weighted by Gasteiger charge is -2.12. The number of aliphatic carboxylic acids is 1. The molecule has 36 heavy (non-hydrogen) atoms. The van der Waals surface area contributed by atoms with Crippen LogP contribution < -0.4 is 0 Å². The molecule has 0 fully saturated rings. The van der Waals surface area contributed by atoms with E-state index in [4.69, 9.17) is 0 Å². The highest BCUT2D eigenvalue weighted by Gasteiger charge is 2.16. The predicted octanol–water partition coefficient (Wildman–Crippen LogP) is 12.4. The van der Waals surface area contributed by atoms with Gasteiger partial charge in [-0.25, -0.2) is 0 Å². The van der Waals surface area contributed by atoms with Gasteiger partial charge in [-0.2, -0.15) is 0 Å². The molecule has 0 rings (SSSR count). The molecule has 1 N–H and O–H groups in total. The maximum absolute atomic E-state index is 11.6. The molecular weight excluding hydrogens is 440 g/mol. The molecular formula is C34H68O2. The van der Waals surface area contributed by atoms with Crippen molar-refractivity contribution in [3.63, 3.8) is 0 Å². The Kier molecular flexibility index (Phi) is 30.2. The van der Waals surface area contributed by atoms with Crippen LogP contribution in [0.15, 0.2) is 0 Å². The fraction of sp³-hybridized carbons (Fsp3) is 0.971. The van der Waals surface area contributed by atoms with Gasteiger partial charge in [0.25, 0.3) is 0 Å². The van der Waals surface area contributed by atoms with Crippen LogP contribution in [0.2, 0.25) is 0 Å². The summed E-state index contributed by atoms with van der Waals surface area (Å²) in [4.78, 5) is 11.6. The van der Waals surface area contributed by atoms with Crippen molar-refractivity contribution in [2.45, 2.75) is 206 Å². The Balaban J connectivity index is 3.36. The molecule has 0 aromatic heterocycles. The summed E-state index contributed by atoms with van der Waals surface area (Å²) in [6.45, 7) is 4.56. The minimum atomic E-state index is -0.558. The Bertz CT molecular complexity index is 419. The SMILES string of the molecule is CCCCCCCCCCCCCCCCCCCCC(CCCCCCCCCCCC)C(=O)O. The Labute approximate surface area is 228 Å². The van der Waals surface area contributed by atoms with Crippen LogP contribution in [0.1, 0.15) is 206 Å². The van der Waals surface area contributed by atoms with E-state index in [0.717, 1.165) is 25.7 Å². The number of unbranched alkanes of at least 4 members (excludes halogenated alkanes) is 26. The van der Waals surface area contributed by atoms with E-state index in [0.29, 0.717) is 0 Å². The van der Waals surface area contributed by atoms with Crippen LogP contribution in [-0.2, 0) is 4.79 Å². The maximum Gasteiger partial charge on any atom is 0.306 e. The van der Waals surface area contributed by atoms with E-state index in [1.165, 1.54) is 167 Å². The molecule has 216 valence electrons. The number of rotatable bonds is 31. The minimum Gasteiger partial charge on any atom is -0.481 e. The summed E-state index contributed by atoms with van der Waals surface area (Å²) < 4.78 is 0. The van der Waals surface area contributed by atoms with E-state index in [1.807, 2.05) is 0 Å². The lowest BCUT2D eigenvalue weighted by atomic mass is 9.94. The van der Waals surface area contributed by atoms with Crippen molar-refractivity contribution < 1.29 is 9.90 Å². The van der Waals surface area contributed by atoms with Gasteiger partial charge in [-0.15, -0.1) is 0 Å². The van der Waals surface area contributed by atoms with Crippen LogP contribution in [0.4, 0.5) is 0 Å². The standard InChI is InChI=1S/C34H68O2/c1-3-5-7-9-11-13-15-16-17-18-19-20-21-22-24-26-28-30-32-33(34(35)36)31-29-27-25-23-14-12-10-8-6-4-2/h33H,3-32H2,1-2H3,(H,35,36). The van der Waals surface area contributed by atoms with Crippen LogP contribution in [-0.4, -0.2) is 11.1 Å². The molecule has 0 aliphatic heterocycles. The molecule has 0 aromatic carbocycles. The summed E-state index contributed by atoms with van der Waals surface area (Å²) >= 11 is 0. The van der Waals surface area contributed by atoms with Crippen LogP contribution in [0.25, 0.3) is 0 Å². The highest BCUT2D eigenvalue weighted by molar-refractivity contribution is 5.69. The van der Waals surface area contributed by atoms with Crippen LogP contribution in [0.3, 0.4) is 0 Å². The fourth-order valence-electron chi connectivity index (χ4n) is 5.56. The monoisotopic (exact) mass is 509 g/mol. The summed E-state index contributed by atoms with van der Waals surface area (Å²) in [6.07, 6.45) is 39.9. The first-order chi connectivity index (χ1) is 17.7. The molecule has 0 spiro atoms. The molecule has 0 aromatic rings. The second-order valence-corrected chi connectivity index (χ2v) is 11.8. The van der Waals surface area contributed by atoms with Crippen molar-refractivity contribution in [3.8, 4) is 0 Å². The van der Waals surface area contributed by atoms with E-state index in [2.05, 4.69) is 13.8 Å². The topological polar surface area (TPSA) is 37.3 Å². The summed E-state index contributed by atoms with van der Waals surface area (Å²) in [5, 5.41) is 9.56. The molecule has 0 saturated heterocycles. The molecule has 0 amide bonds. The molecule has 1 atom stereocenters. The number of carboxylic acids is 1. The molecule has 2 nitrogen and oxygen atoms in total. The number of carbonyl (C=O) groups is 1. The van der Waals surface area contributed by atoms with E-state index in [9.17, 15) is 9.90 Å². The Morgan fingerprint density at radius 3 is 0.778 bits per heavy atom. The maximum atomic E-state index is 11.6. The van der Waals surface area contributed by atoms with Crippen molar-refractivity contribution in [1.29, 1.82) is 0 Å². The second kappa shape index (κ2) is 30.7. The van der Waals surface area contributed by atoms with Crippen LogP contribution in [0, 0.1) is 5.92 Å². The highest BCUT2D eigenvalue weighted by Crippen LogP contribution is 2.20. The molecule has 0 aliphatic carbocycles. The third-order valence-electron chi connectivity index (χ3n) is 8.16. The summed E-state index contributed by atoms with van der Waals surface area (Å²) in [6, 6.07) is 0. The van der Waals surface area contributed by atoms with Crippen molar-refractivity contribution in [3.05, 3.63) is 0 Å². The average Bonchev–Trinajstić information content (AvgIpc) is 2.87. The van der Waals surface area contributed by atoms with Crippen LogP contribution in [0.5, 0.6) is 0 Å². The lowest BCUT2D eigenvalue weighted by Crippen LogP contribution is -2.13. The van der Waals surface area contributed by atoms with E-state index < -0.39 is 5.97 Å². The molecule has 1 unspecified atom stereocenters. The first kappa shape index (κ1) is 35.5. The molecule has 0 bridgehead atoms. The Morgan fingerprint density at radius 1 is 0.389 bits per heavy atom. The third-order valence-corrected chi connectivity index (χ3v) is 8.16. The predicted molar refractivity (Wildman–Crippen MR) is 161 cm³/mol. The first-order valence-electron chi connectivity index (χ1n) is 16.9. The zero-order chi connectivity index (χ0) is 26.4. The van der Waals surface area contributed by atoms with Crippen molar-refractivity contribution in [2.24, 2.45) is 5.92 Å². The highest BCUT2D eigenvalue weighted by atomic mass is 16.4. The zero-order valence-corrected chi connectivity index (χ0v) is 25.1. The molecule has 0 aliphatic rings. The Morgan fingerprint density at radius 2 is 0.583 bits per heavy atom. The summed E-state index contributed by atoms with van der Waals surface area (Å²) in [5.74, 6) is -0.655. The summed E-state index contributed by atoms with van der Waals surface area (Å²) in [7, 11) is 0. The molecule has 0 saturated carbocycles. The van der Waals surface area contributed by atoms with E-state index in [-0.39, 0.29) is 5.92 Å². The molecule has 0 heterocycles. The first-order valence-corrected chi connectivity index (χ1v) is 16.9. The molecule has 0 radical (unpaired) electrons. The normalized spacial score (nSPS) is 12.3. The minimum absolute atomic E-state index is 0.0971. The van der Waals surface area contributed by atoms with Gasteiger partial charge in [0, 0.05) is 0 Å². The quantitative estimate of drug-likeness (QED) is 0.0945. The van der Waals surface area contributed by atoms with Gasteiger partial charge in [-0.1, -0.05) is 194 Å². The van der Waals surface area contributed by atoms with Crippen molar-refractivity contribution >= 4 is 5.97 Å². The Hall–Kier alpha value is -0.530.